The fourth-order valence-electron chi connectivity index (χ4n) is 2.00. The van der Waals surface area contributed by atoms with Gasteiger partial charge < -0.3 is 0 Å². The average molecular weight is 256 g/mol. The number of hydrogen-bond acceptors (Lipinski definition) is 3. The van der Waals surface area contributed by atoms with E-state index in [-0.39, 0.29) is 16.9 Å². The number of hydrogen-bond donors (Lipinski definition) is 0. The molecule has 1 aromatic heterocycles. The van der Waals surface area contributed by atoms with Gasteiger partial charge in [-0.15, -0.1) is 0 Å². The van der Waals surface area contributed by atoms with Gasteiger partial charge in [-0.25, -0.2) is 4.68 Å². The summed E-state index contributed by atoms with van der Waals surface area (Å²) in [6.07, 6.45) is 0. The fourth-order valence-corrected chi connectivity index (χ4v) is 2.00. The summed E-state index contributed by atoms with van der Waals surface area (Å²) in [4.78, 5) is 23.2. The SMILES string of the molecule is CC(=O)c1nn(-c2cccc(C)c2C)c(C)cc1=O. The van der Waals surface area contributed by atoms with Gasteiger partial charge in [0, 0.05) is 18.7 Å². The zero-order valence-corrected chi connectivity index (χ0v) is 11.5. The normalized spacial score (nSPS) is 10.5. The van der Waals surface area contributed by atoms with Crippen LogP contribution >= 0.6 is 0 Å². The van der Waals surface area contributed by atoms with Crippen molar-refractivity contribution < 1.29 is 4.79 Å². The van der Waals surface area contributed by atoms with Gasteiger partial charge >= 0.3 is 0 Å². The lowest BCUT2D eigenvalue weighted by Crippen LogP contribution is -2.21. The Bertz CT molecular complexity index is 715. The highest BCUT2D eigenvalue weighted by Crippen LogP contribution is 2.17. The minimum absolute atomic E-state index is 0.0218. The lowest BCUT2D eigenvalue weighted by molar-refractivity contribution is 0.101. The minimum Gasteiger partial charge on any atom is -0.293 e. The molecule has 4 heteroatoms. The summed E-state index contributed by atoms with van der Waals surface area (Å²) in [5.74, 6) is -0.316. The van der Waals surface area contributed by atoms with Gasteiger partial charge in [0.05, 0.1) is 5.69 Å². The Kier molecular flexibility index (Phi) is 3.34. The number of aromatic nitrogens is 2. The molecule has 0 bridgehead atoms. The molecule has 0 aliphatic heterocycles. The van der Waals surface area contributed by atoms with E-state index in [2.05, 4.69) is 5.10 Å². The number of benzene rings is 1. The summed E-state index contributed by atoms with van der Waals surface area (Å²) in [5, 5.41) is 4.20. The van der Waals surface area contributed by atoms with Crippen molar-refractivity contribution in [2.24, 2.45) is 0 Å². The third kappa shape index (κ3) is 2.34. The number of rotatable bonds is 2. The van der Waals surface area contributed by atoms with E-state index in [1.807, 2.05) is 32.0 Å². The van der Waals surface area contributed by atoms with E-state index in [9.17, 15) is 9.59 Å². The van der Waals surface area contributed by atoms with Crippen LogP contribution in [-0.4, -0.2) is 15.6 Å². The topological polar surface area (TPSA) is 52.0 Å². The Morgan fingerprint density at radius 2 is 1.89 bits per heavy atom. The highest BCUT2D eigenvalue weighted by Gasteiger charge is 2.12. The van der Waals surface area contributed by atoms with Crippen molar-refractivity contribution in [3.05, 3.63) is 57.0 Å². The minimum atomic E-state index is -0.327. The third-order valence-electron chi connectivity index (χ3n) is 3.25. The van der Waals surface area contributed by atoms with E-state index in [1.54, 1.807) is 11.6 Å². The zero-order valence-electron chi connectivity index (χ0n) is 11.5. The number of aryl methyl sites for hydroxylation is 2. The molecule has 2 rings (SSSR count). The number of carbonyl (C=O) groups excluding carboxylic acids is 1. The molecule has 0 radical (unpaired) electrons. The zero-order chi connectivity index (χ0) is 14.2. The second-order valence-electron chi connectivity index (χ2n) is 4.69. The third-order valence-corrected chi connectivity index (χ3v) is 3.25. The van der Waals surface area contributed by atoms with Crippen LogP contribution in [0.5, 0.6) is 0 Å². The van der Waals surface area contributed by atoms with Gasteiger partial charge in [-0.3, -0.25) is 9.59 Å². The summed E-state index contributed by atoms with van der Waals surface area (Å²) in [6.45, 7) is 7.17. The van der Waals surface area contributed by atoms with Crippen molar-refractivity contribution in [1.82, 2.24) is 9.78 Å². The highest BCUT2D eigenvalue weighted by atomic mass is 16.1. The molecule has 0 spiro atoms. The van der Waals surface area contributed by atoms with Crippen molar-refractivity contribution >= 4 is 5.78 Å². The molecule has 0 saturated heterocycles. The summed E-state index contributed by atoms with van der Waals surface area (Å²) < 4.78 is 1.65. The van der Waals surface area contributed by atoms with Crippen LogP contribution in [-0.2, 0) is 0 Å². The van der Waals surface area contributed by atoms with E-state index in [4.69, 9.17) is 0 Å². The Balaban J connectivity index is 2.76. The smallest absolute Gasteiger partial charge is 0.211 e. The quantitative estimate of drug-likeness (QED) is 0.775. The molecule has 0 aliphatic carbocycles. The number of Topliss-reactive ketones (excluding diaryl/α,β-unsaturated/α-hetero) is 1. The van der Waals surface area contributed by atoms with Crippen molar-refractivity contribution in [2.45, 2.75) is 27.7 Å². The van der Waals surface area contributed by atoms with E-state index in [0.29, 0.717) is 5.69 Å². The van der Waals surface area contributed by atoms with Crippen LogP contribution < -0.4 is 5.43 Å². The van der Waals surface area contributed by atoms with Gasteiger partial charge in [0.25, 0.3) is 0 Å². The predicted molar refractivity (Wildman–Crippen MR) is 74.0 cm³/mol. The lowest BCUT2D eigenvalue weighted by Gasteiger charge is -2.14. The molecule has 98 valence electrons. The first-order chi connectivity index (χ1) is 8.91. The van der Waals surface area contributed by atoms with Gasteiger partial charge in [0.2, 0.25) is 5.43 Å². The summed E-state index contributed by atoms with van der Waals surface area (Å²) >= 11 is 0. The predicted octanol–water partition coefficient (Wildman–Crippen LogP) is 2.36. The average Bonchev–Trinajstić information content (AvgIpc) is 2.33. The first-order valence-electron chi connectivity index (χ1n) is 6.10. The molecule has 0 unspecified atom stereocenters. The molecule has 0 N–H and O–H groups in total. The van der Waals surface area contributed by atoms with E-state index < -0.39 is 0 Å². The molecule has 4 nitrogen and oxygen atoms in total. The maximum atomic E-state index is 11.7. The van der Waals surface area contributed by atoms with E-state index in [0.717, 1.165) is 16.8 Å². The second-order valence-corrected chi connectivity index (χ2v) is 4.69. The highest BCUT2D eigenvalue weighted by molar-refractivity contribution is 5.91. The second kappa shape index (κ2) is 4.80. The van der Waals surface area contributed by atoms with Crippen molar-refractivity contribution in [1.29, 1.82) is 0 Å². The van der Waals surface area contributed by atoms with Gasteiger partial charge in [-0.1, -0.05) is 12.1 Å². The van der Waals surface area contributed by atoms with Crippen LogP contribution in [0.4, 0.5) is 0 Å². The molecular formula is C15H16N2O2. The molecule has 0 atom stereocenters. The maximum absolute atomic E-state index is 11.7. The molecular weight excluding hydrogens is 240 g/mol. The largest absolute Gasteiger partial charge is 0.293 e. The number of nitrogens with zero attached hydrogens (tertiary/aromatic N) is 2. The van der Waals surface area contributed by atoms with Gasteiger partial charge in [0.15, 0.2) is 11.5 Å². The van der Waals surface area contributed by atoms with Crippen molar-refractivity contribution in [3.8, 4) is 5.69 Å². The van der Waals surface area contributed by atoms with Crippen LogP contribution in [0.15, 0.2) is 29.1 Å². The summed E-state index contributed by atoms with van der Waals surface area (Å²) in [6, 6.07) is 7.33. The van der Waals surface area contributed by atoms with Gasteiger partial charge in [-0.05, 0) is 38.0 Å². The van der Waals surface area contributed by atoms with Crippen molar-refractivity contribution in [3.63, 3.8) is 0 Å². The molecule has 1 aromatic carbocycles. The lowest BCUT2D eigenvalue weighted by atomic mass is 10.1. The van der Waals surface area contributed by atoms with Gasteiger partial charge in [0.1, 0.15) is 0 Å². The summed E-state index contributed by atoms with van der Waals surface area (Å²) in [7, 11) is 0. The van der Waals surface area contributed by atoms with Crippen LogP contribution in [0.2, 0.25) is 0 Å². The van der Waals surface area contributed by atoms with Gasteiger partial charge in [-0.2, -0.15) is 5.10 Å². The number of carbonyl (C=O) groups is 1. The van der Waals surface area contributed by atoms with Crippen LogP contribution in [0.25, 0.3) is 5.69 Å². The van der Waals surface area contributed by atoms with E-state index in [1.165, 1.54) is 13.0 Å². The van der Waals surface area contributed by atoms with Crippen LogP contribution in [0.3, 0.4) is 0 Å². The Morgan fingerprint density at radius 3 is 2.53 bits per heavy atom. The fraction of sp³-hybridized carbons (Fsp3) is 0.267. The molecule has 2 aromatic rings. The first kappa shape index (κ1) is 13.2. The Hall–Kier alpha value is -2.23. The van der Waals surface area contributed by atoms with Crippen LogP contribution in [0.1, 0.15) is 34.2 Å². The Labute approximate surface area is 111 Å². The van der Waals surface area contributed by atoms with E-state index >= 15 is 0 Å². The first-order valence-corrected chi connectivity index (χ1v) is 6.10. The van der Waals surface area contributed by atoms with Crippen LogP contribution in [0, 0.1) is 20.8 Å². The molecule has 0 fully saturated rings. The Morgan fingerprint density at radius 1 is 1.21 bits per heavy atom. The molecule has 1 heterocycles. The summed E-state index contributed by atoms with van der Waals surface area (Å²) in [5.41, 5.74) is 3.47. The molecule has 0 amide bonds. The number of ketones is 1. The molecule has 0 saturated carbocycles. The monoisotopic (exact) mass is 256 g/mol. The maximum Gasteiger partial charge on any atom is 0.211 e. The van der Waals surface area contributed by atoms with Crippen molar-refractivity contribution in [2.75, 3.05) is 0 Å². The molecule has 19 heavy (non-hydrogen) atoms. The standard InChI is InChI=1S/C15H16N2O2/c1-9-6-5-7-13(11(9)3)17-10(2)8-14(19)15(16-17)12(4)18/h5-8H,1-4H3. The molecule has 0 aliphatic rings.